The highest BCUT2D eigenvalue weighted by atomic mass is 15.4. The van der Waals surface area contributed by atoms with Crippen molar-refractivity contribution in [1.82, 2.24) is 19.7 Å². The number of aryl methyl sites for hydroxylation is 1. The van der Waals surface area contributed by atoms with Crippen LogP contribution in [0.4, 0.5) is 23.0 Å². The van der Waals surface area contributed by atoms with Gasteiger partial charge in [0.25, 0.3) is 0 Å². The molecule has 0 spiro atoms. The van der Waals surface area contributed by atoms with E-state index in [9.17, 15) is 5.26 Å². The summed E-state index contributed by atoms with van der Waals surface area (Å²) in [6.07, 6.45) is 3.93. The van der Waals surface area contributed by atoms with Gasteiger partial charge >= 0.3 is 0 Å². The predicted molar refractivity (Wildman–Crippen MR) is 141 cm³/mol. The zero-order valence-electron chi connectivity index (χ0n) is 20.9. The van der Waals surface area contributed by atoms with Crippen LogP contribution in [0.2, 0.25) is 0 Å². The van der Waals surface area contributed by atoms with Crippen molar-refractivity contribution in [3.8, 4) is 6.07 Å². The second kappa shape index (κ2) is 9.08. The highest BCUT2D eigenvalue weighted by Crippen LogP contribution is 2.28. The highest BCUT2D eigenvalue weighted by Gasteiger charge is 2.21. The molecule has 180 valence electrons. The number of rotatable bonds is 5. The predicted octanol–water partition coefficient (Wildman–Crippen LogP) is 4.33. The first-order chi connectivity index (χ1) is 16.8. The topological polar surface area (TPSA) is 76.2 Å². The van der Waals surface area contributed by atoms with E-state index in [4.69, 9.17) is 4.98 Å². The molecule has 1 N–H and O–H groups in total. The normalized spacial score (nSPS) is 16.2. The molecule has 2 aliphatic heterocycles. The molecule has 0 amide bonds. The first-order valence-electron chi connectivity index (χ1n) is 12.1. The molecule has 0 atom stereocenters. The molecule has 0 radical (unpaired) electrons. The minimum atomic E-state index is -0.502. The van der Waals surface area contributed by atoms with Crippen LogP contribution in [0.25, 0.3) is 6.20 Å². The lowest BCUT2D eigenvalue weighted by atomic mass is 9.86. The third-order valence-electron chi connectivity index (χ3n) is 6.90. The van der Waals surface area contributed by atoms with Gasteiger partial charge < -0.3 is 20.0 Å². The van der Waals surface area contributed by atoms with E-state index in [1.807, 2.05) is 43.1 Å². The number of nitrogens with zero attached hydrogens (tertiary/aromatic N) is 7. The minimum Gasteiger partial charge on any atom is -0.369 e. The summed E-state index contributed by atoms with van der Waals surface area (Å²) in [6.45, 7) is 10.9. The zero-order chi connectivity index (χ0) is 24.6. The fourth-order valence-corrected chi connectivity index (χ4v) is 4.56. The van der Waals surface area contributed by atoms with Crippen molar-refractivity contribution in [2.24, 2.45) is 0 Å². The molecule has 1 saturated heterocycles. The van der Waals surface area contributed by atoms with Crippen molar-refractivity contribution < 1.29 is 0 Å². The van der Waals surface area contributed by atoms with Crippen molar-refractivity contribution >= 4 is 29.2 Å². The fraction of sp³-hybridized carbons (Fsp3) is 0.370. The quantitative estimate of drug-likeness (QED) is 0.597. The van der Waals surface area contributed by atoms with Gasteiger partial charge in [0.15, 0.2) is 5.82 Å². The largest absolute Gasteiger partial charge is 0.369 e. The summed E-state index contributed by atoms with van der Waals surface area (Å²) in [6, 6.07) is 17.0. The fourth-order valence-electron chi connectivity index (χ4n) is 4.56. The number of piperazine rings is 1. The first kappa shape index (κ1) is 22.9. The summed E-state index contributed by atoms with van der Waals surface area (Å²) >= 11 is 0. The summed E-state index contributed by atoms with van der Waals surface area (Å²) in [5.74, 6) is 1.45. The molecular formula is C27H32N8. The summed E-state index contributed by atoms with van der Waals surface area (Å²) in [5, 5.41) is 17.4. The lowest BCUT2D eigenvalue weighted by Gasteiger charge is -2.35. The summed E-state index contributed by atoms with van der Waals surface area (Å²) in [7, 11) is 2.18. The monoisotopic (exact) mass is 468 g/mol. The third-order valence-corrected chi connectivity index (χ3v) is 6.90. The Morgan fingerprint density at radius 2 is 1.74 bits per heavy atom. The van der Waals surface area contributed by atoms with Gasteiger partial charge in [-0.15, -0.1) is 5.10 Å². The van der Waals surface area contributed by atoms with Crippen LogP contribution in [-0.2, 0) is 12.0 Å². The molecule has 0 saturated carbocycles. The minimum absolute atomic E-state index is 0.502. The Bertz CT molecular complexity index is 1270. The van der Waals surface area contributed by atoms with Crippen LogP contribution in [0, 0.1) is 18.3 Å². The number of hydrogen-bond donors (Lipinski definition) is 1. The SMILES string of the molecule is Cc1cc(Nc2nc3n(n2)C=CN(c2ccc(C(C)(C)C#N)cc2)C3)ccc1N1CCN(C)CC1. The molecular weight excluding hydrogens is 436 g/mol. The molecule has 1 aromatic heterocycles. The Hall–Kier alpha value is -3.83. The van der Waals surface area contributed by atoms with Crippen molar-refractivity contribution in [3.05, 3.63) is 65.6 Å². The van der Waals surface area contributed by atoms with Crippen LogP contribution in [0.15, 0.2) is 48.7 Å². The number of fused-ring (bicyclic) bond motifs is 1. The van der Waals surface area contributed by atoms with Crippen molar-refractivity contribution in [2.45, 2.75) is 32.7 Å². The summed E-state index contributed by atoms with van der Waals surface area (Å²) in [4.78, 5) is 11.7. The van der Waals surface area contributed by atoms with Crippen molar-refractivity contribution in [3.63, 3.8) is 0 Å². The molecule has 2 aliphatic rings. The number of aromatic nitrogens is 3. The molecule has 35 heavy (non-hydrogen) atoms. The lowest BCUT2D eigenvalue weighted by molar-refractivity contribution is 0.312. The number of nitrogens with one attached hydrogen (secondary N) is 1. The van der Waals surface area contributed by atoms with Gasteiger partial charge in [0.2, 0.25) is 5.95 Å². The van der Waals surface area contributed by atoms with Crippen molar-refractivity contribution in [1.29, 1.82) is 5.26 Å². The van der Waals surface area contributed by atoms with E-state index in [2.05, 4.69) is 75.5 Å². The molecule has 8 nitrogen and oxygen atoms in total. The maximum absolute atomic E-state index is 9.38. The van der Waals surface area contributed by atoms with Gasteiger partial charge in [0.1, 0.15) is 0 Å². The summed E-state index contributed by atoms with van der Waals surface area (Å²) < 4.78 is 1.82. The molecule has 2 aromatic carbocycles. The van der Waals surface area contributed by atoms with Crippen LogP contribution >= 0.6 is 0 Å². The molecule has 3 aromatic rings. The number of anilines is 4. The standard InChI is InChI=1S/C27H32N8/c1-20-17-22(7-10-24(20)33-13-11-32(4)12-14-33)29-26-30-25-18-34(15-16-35(25)31-26)23-8-5-21(6-9-23)27(2,3)19-28/h5-10,15-17H,11-14,18H2,1-4H3,(H,29,31). The van der Waals surface area contributed by atoms with Gasteiger partial charge in [-0.1, -0.05) is 12.1 Å². The molecule has 0 bridgehead atoms. The van der Waals surface area contributed by atoms with E-state index < -0.39 is 5.41 Å². The zero-order valence-corrected chi connectivity index (χ0v) is 20.9. The number of nitriles is 1. The van der Waals surface area contributed by atoms with Crippen molar-refractivity contribution in [2.75, 3.05) is 48.3 Å². The van der Waals surface area contributed by atoms with Gasteiger partial charge in [-0.25, -0.2) is 4.68 Å². The van der Waals surface area contributed by atoms with Gasteiger partial charge in [-0.2, -0.15) is 10.2 Å². The Morgan fingerprint density at radius 3 is 2.43 bits per heavy atom. The number of likely N-dealkylation sites (N-methyl/N-ethyl adjacent to an activating group) is 1. The van der Waals surface area contributed by atoms with E-state index in [1.54, 1.807) is 0 Å². The molecule has 3 heterocycles. The average Bonchev–Trinajstić information content (AvgIpc) is 3.26. The van der Waals surface area contributed by atoms with Gasteiger partial charge in [-0.05, 0) is 69.3 Å². The van der Waals surface area contributed by atoms with Gasteiger partial charge in [-0.3, -0.25) is 0 Å². The Balaban J connectivity index is 1.26. The molecule has 5 rings (SSSR count). The molecule has 0 unspecified atom stereocenters. The van der Waals surface area contributed by atoms with Crippen LogP contribution in [0.1, 0.15) is 30.8 Å². The van der Waals surface area contributed by atoms with Gasteiger partial charge in [0.05, 0.1) is 18.0 Å². The lowest BCUT2D eigenvalue weighted by Crippen LogP contribution is -2.44. The second-order valence-corrected chi connectivity index (χ2v) is 9.92. The Labute approximate surface area is 207 Å². The van der Waals surface area contributed by atoms with Crippen LogP contribution in [-0.4, -0.2) is 52.9 Å². The first-order valence-corrected chi connectivity index (χ1v) is 12.1. The molecule has 0 aliphatic carbocycles. The second-order valence-electron chi connectivity index (χ2n) is 9.92. The van der Waals surface area contributed by atoms with Crippen LogP contribution in [0.5, 0.6) is 0 Å². The average molecular weight is 469 g/mol. The third kappa shape index (κ3) is 4.73. The van der Waals surface area contributed by atoms with E-state index in [0.717, 1.165) is 48.9 Å². The maximum Gasteiger partial charge on any atom is 0.247 e. The van der Waals surface area contributed by atoms with E-state index in [0.29, 0.717) is 12.5 Å². The smallest absolute Gasteiger partial charge is 0.247 e. The highest BCUT2D eigenvalue weighted by molar-refractivity contribution is 5.64. The van der Waals surface area contributed by atoms with Crippen LogP contribution in [0.3, 0.4) is 0 Å². The Kier molecular flexibility index (Phi) is 5.95. The van der Waals surface area contributed by atoms with E-state index in [-0.39, 0.29) is 0 Å². The van der Waals surface area contributed by atoms with Crippen LogP contribution < -0.4 is 15.1 Å². The summed E-state index contributed by atoms with van der Waals surface area (Å²) in [5.41, 5.74) is 5.09. The van der Waals surface area contributed by atoms with E-state index >= 15 is 0 Å². The number of benzene rings is 2. The maximum atomic E-state index is 9.38. The van der Waals surface area contributed by atoms with E-state index in [1.165, 1.54) is 11.3 Å². The Morgan fingerprint density at radius 1 is 1.00 bits per heavy atom. The van der Waals surface area contributed by atoms with Gasteiger partial charge in [0, 0.05) is 55.6 Å². The number of hydrogen-bond acceptors (Lipinski definition) is 7. The molecule has 8 heteroatoms. The molecule has 1 fully saturated rings.